The van der Waals surface area contributed by atoms with Gasteiger partial charge in [0, 0.05) is 31.5 Å². The molecular formula is C11H19N3. The van der Waals surface area contributed by atoms with Crippen molar-refractivity contribution in [2.45, 2.75) is 13.5 Å². The first-order valence-electron chi connectivity index (χ1n) is 4.95. The molecule has 0 aromatic carbocycles. The van der Waals surface area contributed by atoms with Crippen LogP contribution in [0.1, 0.15) is 11.3 Å². The van der Waals surface area contributed by atoms with Gasteiger partial charge in [-0.25, -0.2) is 0 Å². The van der Waals surface area contributed by atoms with Gasteiger partial charge in [-0.15, -0.1) is 0 Å². The van der Waals surface area contributed by atoms with E-state index in [9.17, 15) is 0 Å². The third-order valence-electron chi connectivity index (χ3n) is 2.03. The summed E-state index contributed by atoms with van der Waals surface area (Å²) in [6.07, 6.45) is 1.86. The van der Waals surface area contributed by atoms with Crippen LogP contribution in [0.3, 0.4) is 0 Å². The summed E-state index contributed by atoms with van der Waals surface area (Å²) in [6.45, 7) is 5.04. The summed E-state index contributed by atoms with van der Waals surface area (Å²) in [5, 5.41) is 3.39. The molecule has 0 amide bonds. The molecule has 0 aliphatic carbocycles. The third kappa shape index (κ3) is 4.35. The Morgan fingerprint density at radius 1 is 1.43 bits per heavy atom. The maximum atomic E-state index is 4.16. The van der Waals surface area contributed by atoms with Gasteiger partial charge in [-0.05, 0) is 38.7 Å². The van der Waals surface area contributed by atoms with Crippen LogP contribution in [0.15, 0.2) is 18.3 Å². The van der Waals surface area contributed by atoms with Crippen molar-refractivity contribution in [2.24, 2.45) is 0 Å². The van der Waals surface area contributed by atoms with E-state index in [1.54, 1.807) is 0 Å². The van der Waals surface area contributed by atoms with Crippen molar-refractivity contribution in [3.8, 4) is 0 Å². The summed E-state index contributed by atoms with van der Waals surface area (Å²) in [5.74, 6) is 0. The standard InChI is InChI=1S/C11H19N3/c1-10-8-11(4-5-13-10)9-12-6-7-14(2)3/h4-5,8,12H,6-7,9H2,1-3H3. The van der Waals surface area contributed by atoms with Crippen LogP contribution in [0, 0.1) is 6.92 Å². The Morgan fingerprint density at radius 2 is 2.21 bits per heavy atom. The summed E-state index contributed by atoms with van der Waals surface area (Å²) in [6, 6.07) is 4.16. The minimum Gasteiger partial charge on any atom is -0.311 e. The second-order valence-electron chi connectivity index (χ2n) is 3.79. The highest BCUT2D eigenvalue weighted by molar-refractivity contribution is 5.14. The molecule has 0 saturated carbocycles. The van der Waals surface area contributed by atoms with Gasteiger partial charge in [0.2, 0.25) is 0 Å². The average molecular weight is 193 g/mol. The second kappa shape index (κ2) is 5.73. The van der Waals surface area contributed by atoms with E-state index < -0.39 is 0 Å². The molecule has 0 unspecified atom stereocenters. The third-order valence-corrected chi connectivity index (χ3v) is 2.03. The number of nitrogens with one attached hydrogen (secondary N) is 1. The van der Waals surface area contributed by atoms with E-state index in [1.165, 1.54) is 5.56 Å². The van der Waals surface area contributed by atoms with Gasteiger partial charge in [-0.3, -0.25) is 4.98 Å². The smallest absolute Gasteiger partial charge is 0.0375 e. The lowest BCUT2D eigenvalue weighted by Crippen LogP contribution is -2.26. The predicted octanol–water partition coefficient (Wildman–Crippen LogP) is 1.04. The maximum absolute atomic E-state index is 4.16. The van der Waals surface area contributed by atoms with Crippen molar-refractivity contribution in [1.82, 2.24) is 15.2 Å². The molecule has 0 bridgehead atoms. The van der Waals surface area contributed by atoms with Crippen molar-refractivity contribution < 1.29 is 0 Å². The van der Waals surface area contributed by atoms with Crippen molar-refractivity contribution in [1.29, 1.82) is 0 Å². The van der Waals surface area contributed by atoms with Crippen molar-refractivity contribution in [3.05, 3.63) is 29.6 Å². The van der Waals surface area contributed by atoms with Gasteiger partial charge in [0.25, 0.3) is 0 Å². The Kier molecular flexibility index (Phi) is 4.56. The molecule has 0 fully saturated rings. The highest BCUT2D eigenvalue weighted by Crippen LogP contribution is 1.99. The first kappa shape index (κ1) is 11.1. The fraction of sp³-hybridized carbons (Fsp3) is 0.545. The zero-order valence-corrected chi connectivity index (χ0v) is 9.25. The number of rotatable bonds is 5. The molecule has 0 spiro atoms. The summed E-state index contributed by atoms with van der Waals surface area (Å²) in [4.78, 5) is 6.33. The molecule has 1 aromatic rings. The summed E-state index contributed by atoms with van der Waals surface area (Å²) < 4.78 is 0. The quantitative estimate of drug-likeness (QED) is 0.708. The van der Waals surface area contributed by atoms with Crippen LogP contribution in [0.4, 0.5) is 0 Å². The largest absolute Gasteiger partial charge is 0.311 e. The molecule has 3 nitrogen and oxygen atoms in total. The summed E-state index contributed by atoms with van der Waals surface area (Å²) >= 11 is 0. The molecule has 1 aromatic heterocycles. The first-order chi connectivity index (χ1) is 6.68. The van der Waals surface area contributed by atoms with Crippen LogP contribution < -0.4 is 5.32 Å². The van der Waals surface area contributed by atoms with E-state index in [1.807, 2.05) is 13.1 Å². The second-order valence-corrected chi connectivity index (χ2v) is 3.79. The van der Waals surface area contributed by atoms with Crippen LogP contribution in [-0.4, -0.2) is 37.1 Å². The highest BCUT2D eigenvalue weighted by Gasteiger charge is 1.94. The summed E-state index contributed by atoms with van der Waals surface area (Å²) in [7, 11) is 4.16. The van der Waals surface area contributed by atoms with E-state index in [2.05, 4.69) is 41.4 Å². The SMILES string of the molecule is Cc1cc(CNCCN(C)C)ccn1. The Hall–Kier alpha value is -0.930. The molecule has 0 radical (unpaired) electrons. The molecule has 1 rings (SSSR count). The van der Waals surface area contributed by atoms with Gasteiger partial charge in [0.1, 0.15) is 0 Å². The number of hydrogen-bond donors (Lipinski definition) is 1. The predicted molar refractivity (Wildman–Crippen MR) is 59.2 cm³/mol. The van der Waals surface area contributed by atoms with E-state index in [0.717, 1.165) is 25.3 Å². The van der Waals surface area contributed by atoms with E-state index in [4.69, 9.17) is 0 Å². The molecule has 3 heteroatoms. The molecule has 0 aliphatic rings. The van der Waals surface area contributed by atoms with Crippen LogP contribution in [0.5, 0.6) is 0 Å². The Morgan fingerprint density at radius 3 is 2.86 bits per heavy atom. The van der Waals surface area contributed by atoms with Crippen molar-refractivity contribution in [3.63, 3.8) is 0 Å². The van der Waals surface area contributed by atoms with Gasteiger partial charge >= 0.3 is 0 Å². The molecule has 1 N–H and O–H groups in total. The Balaban J connectivity index is 2.25. The fourth-order valence-electron chi connectivity index (χ4n) is 1.25. The monoisotopic (exact) mass is 193 g/mol. The van der Waals surface area contributed by atoms with Gasteiger partial charge in [-0.2, -0.15) is 0 Å². The number of aromatic nitrogens is 1. The number of pyridine rings is 1. The lowest BCUT2D eigenvalue weighted by molar-refractivity contribution is 0.400. The van der Waals surface area contributed by atoms with Crippen molar-refractivity contribution >= 4 is 0 Å². The highest BCUT2D eigenvalue weighted by atomic mass is 15.1. The van der Waals surface area contributed by atoms with Crippen LogP contribution in [-0.2, 0) is 6.54 Å². The Bertz CT molecular complexity index is 271. The van der Waals surface area contributed by atoms with Crippen LogP contribution in [0.25, 0.3) is 0 Å². The molecule has 0 atom stereocenters. The van der Waals surface area contributed by atoms with E-state index >= 15 is 0 Å². The van der Waals surface area contributed by atoms with Gasteiger partial charge in [-0.1, -0.05) is 0 Å². The van der Waals surface area contributed by atoms with E-state index in [0.29, 0.717) is 0 Å². The van der Waals surface area contributed by atoms with Crippen LogP contribution in [0.2, 0.25) is 0 Å². The van der Waals surface area contributed by atoms with Gasteiger partial charge in [0.05, 0.1) is 0 Å². The molecule has 78 valence electrons. The minimum absolute atomic E-state index is 0.928. The zero-order valence-electron chi connectivity index (χ0n) is 9.25. The minimum atomic E-state index is 0.928. The molecule has 0 aliphatic heterocycles. The van der Waals surface area contributed by atoms with Gasteiger partial charge in [0.15, 0.2) is 0 Å². The van der Waals surface area contributed by atoms with E-state index in [-0.39, 0.29) is 0 Å². The average Bonchev–Trinajstić information content (AvgIpc) is 2.12. The lowest BCUT2D eigenvalue weighted by Gasteiger charge is -2.10. The topological polar surface area (TPSA) is 28.2 Å². The van der Waals surface area contributed by atoms with Crippen molar-refractivity contribution in [2.75, 3.05) is 27.2 Å². The summed E-state index contributed by atoms with van der Waals surface area (Å²) in [5.41, 5.74) is 2.38. The molecule has 14 heavy (non-hydrogen) atoms. The maximum Gasteiger partial charge on any atom is 0.0375 e. The number of hydrogen-bond acceptors (Lipinski definition) is 3. The molecule has 0 saturated heterocycles. The fourth-order valence-corrected chi connectivity index (χ4v) is 1.25. The lowest BCUT2D eigenvalue weighted by atomic mass is 10.2. The Labute approximate surface area is 86.2 Å². The number of likely N-dealkylation sites (N-methyl/N-ethyl adjacent to an activating group) is 1. The molecular weight excluding hydrogens is 174 g/mol. The normalized spacial score (nSPS) is 10.9. The number of nitrogens with zero attached hydrogens (tertiary/aromatic N) is 2. The first-order valence-corrected chi connectivity index (χ1v) is 4.95. The molecule has 1 heterocycles. The van der Waals surface area contributed by atoms with Gasteiger partial charge < -0.3 is 10.2 Å². The van der Waals surface area contributed by atoms with Crippen LogP contribution >= 0.6 is 0 Å². The zero-order chi connectivity index (χ0) is 10.4. The number of aryl methyl sites for hydroxylation is 1.